The van der Waals surface area contributed by atoms with E-state index in [1.165, 1.54) is 0 Å². The summed E-state index contributed by atoms with van der Waals surface area (Å²) in [6, 6.07) is -0.138. The summed E-state index contributed by atoms with van der Waals surface area (Å²) < 4.78 is 1.93. The zero-order valence-corrected chi connectivity index (χ0v) is 11.4. The lowest BCUT2D eigenvalue weighted by Gasteiger charge is -2.27. The number of urea groups is 1. The highest BCUT2D eigenvalue weighted by Gasteiger charge is 2.21. The molecule has 8 nitrogen and oxygen atoms in total. The van der Waals surface area contributed by atoms with Gasteiger partial charge in [0.25, 0.3) is 0 Å². The predicted molar refractivity (Wildman–Crippen MR) is 69.9 cm³/mol. The van der Waals surface area contributed by atoms with Crippen LogP contribution in [0.1, 0.15) is 25.6 Å². The van der Waals surface area contributed by atoms with Gasteiger partial charge in [-0.15, -0.1) is 10.2 Å². The molecule has 0 bridgehead atoms. The summed E-state index contributed by atoms with van der Waals surface area (Å²) in [7, 11) is 0. The third-order valence-corrected chi connectivity index (χ3v) is 3.38. The summed E-state index contributed by atoms with van der Waals surface area (Å²) in [6.45, 7) is 4.19. The number of aliphatic carboxylic acids is 1. The van der Waals surface area contributed by atoms with E-state index in [-0.39, 0.29) is 18.4 Å². The van der Waals surface area contributed by atoms with Crippen molar-refractivity contribution in [2.45, 2.75) is 32.9 Å². The standard InChI is InChI=1S/C12H19N5O3/c1-9(2-3-11(18)19)6-13-12(20)16-4-5-17-8-14-15-10(17)7-16/h8-9H,2-7H2,1H3,(H,13,20)(H,18,19). The van der Waals surface area contributed by atoms with Crippen LogP contribution >= 0.6 is 0 Å². The van der Waals surface area contributed by atoms with Gasteiger partial charge in [0.05, 0.1) is 6.54 Å². The summed E-state index contributed by atoms with van der Waals surface area (Å²) in [5.74, 6) is 0.118. The van der Waals surface area contributed by atoms with Crippen molar-refractivity contribution in [1.82, 2.24) is 25.0 Å². The Morgan fingerprint density at radius 1 is 1.50 bits per heavy atom. The van der Waals surface area contributed by atoms with Crippen molar-refractivity contribution >= 4 is 12.0 Å². The molecule has 0 saturated heterocycles. The molecule has 1 unspecified atom stereocenters. The van der Waals surface area contributed by atoms with E-state index in [2.05, 4.69) is 15.5 Å². The number of amides is 2. The average molecular weight is 281 g/mol. The number of nitrogens with zero attached hydrogens (tertiary/aromatic N) is 4. The molecule has 2 amide bonds. The maximum Gasteiger partial charge on any atom is 0.317 e. The molecule has 1 atom stereocenters. The Morgan fingerprint density at radius 2 is 2.30 bits per heavy atom. The first kappa shape index (κ1) is 14.3. The van der Waals surface area contributed by atoms with Gasteiger partial charge in [0.2, 0.25) is 0 Å². The average Bonchev–Trinajstić information content (AvgIpc) is 2.89. The van der Waals surface area contributed by atoms with Crippen molar-refractivity contribution < 1.29 is 14.7 Å². The van der Waals surface area contributed by atoms with Crippen molar-refractivity contribution in [2.24, 2.45) is 5.92 Å². The highest BCUT2D eigenvalue weighted by molar-refractivity contribution is 5.74. The fourth-order valence-electron chi connectivity index (χ4n) is 2.08. The van der Waals surface area contributed by atoms with Crippen LogP contribution in [0.4, 0.5) is 4.79 Å². The first-order valence-electron chi connectivity index (χ1n) is 6.67. The minimum absolute atomic E-state index is 0.129. The number of carboxylic acid groups (broad SMARTS) is 1. The molecule has 0 fully saturated rings. The van der Waals surface area contributed by atoms with Crippen molar-refractivity contribution in [2.75, 3.05) is 13.1 Å². The van der Waals surface area contributed by atoms with Gasteiger partial charge in [-0.05, 0) is 12.3 Å². The highest BCUT2D eigenvalue weighted by Crippen LogP contribution is 2.09. The second kappa shape index (κ2) is 6.36. The molecule has 0 radical (unpaired) electrons. The third kappa shape index (κ3) is 3.69. The van der Waals surface area contributed by atoms with Crippen molar-refractivity contribution in [3.05, 3.63) is 12.2 Å². The number of nitrogens with one attached hydrogen (secondary N) is 1. The molecule has 110 valence electrons. The van der Waals surface area contributed by atoms with Crippen LogP contribution in [0.5, 0.6) is 0 Å². The molecule has 2 heterocycles. The van der Waals surface area contributed by atoms with Gasteiger partial charge in [-0.3, -0.25) is 4.79 Å². The van der Waals surface area contributed by atoms with Crippen LogP contribution in [0.3, 0.4) is 0 Å². The van der Waals surface area contributed by atoms with Gasteiger partial charge in [-0.2, -0.15) is 0 Å². The molecule has 1 aliphatic rings. The lowest BCUT2D eigenvalue weighted by molar-refractivity contribution is -0.137. The molecule has 0 saturated carbocycles. The monoisotopic (exact) mass is 281 g/mol. The van der Waals surface area contributed by atoms with Crippen molar-refractivity contribution in [3.63, 3.8) is 0 Å². The van der Waals surface area contributed by atoms with E-state index >= 15 is 0 Å². The van der Waals surface area contributed by atoms with Crippen LogP contribution in [0.25, 0.3) is 0 Å². The van der Waals surface area contributed by atoms with Crippen molar-refractivity contribution in [3.8, 4) is 0 Å². The van der Waals surface area contributed by atoms with E-state index in [9.17, 15) is 9.59 Å². The Labute approximate surface area is 116 Å². The van der Waals surface area contributed by atoms with Crippen LogP contribution in [0.2, 0.25) is 0 Å². The van der Waals surface area contributed by atoms with E-state index in [0.717, 1.165) is 5.82 Å². The molecule has 8 heteroatoms. The lowest BCUT2D eigenvalue weighted by atomic mass is 10.1. The zero-order valence-electron chi connectivity index (χ0n) is 11.4. The Morgan fingerprint density at radius 3 is 3.05 bits per heavy atom. The summed E-state index contributed by atoms with van der Waals surface area (Å²) in [6.07, 6.45) is 2.35. The molecular weight excluding hydrogens is 262 g/mol. The fraction of sp³-hybridized carbons (Fsp3) is 0.667. The number of carboxylic acids is 1. The second-order valence-electron chi connectivity index (χ2n) is 5.09. The summed E-state index contributed by atoms with van der Waals surface area (Å²) >= 11 is 0. The number of carbonyl (C=O) groups excluding carboxylic acids is 1. The SMILES string of the molecule is CC(CCC(=O)O)CNC(=O)N1CCn2cnnc2C1. The fourth-order valence-corrected chi connectivity index (χ4v) is 2.08. The van der Waals surface area contributed by atoms with Crippen molar-refractivity contribution in [1.29, 1.82) is 0 Å². The van der Waals surface area contributed by atoms with E-state index in [1.807, 2.05) is 11.5 Å². The largest absolute Gasteiger partial charge is 0.481 e. The highest BCUT2D eigenvalue weighted by atomic mass is 16.4. The normalized spacial score (nSPS) is 15.6. The van der Waals surface area contributed by atoms with Gasteiger partial charge in [0.15, 0.2) is 5.82 Å². The van der Waals surface area contributed by atoms with Gasteiger partial charge in [-0.25, -0.2) is 4.79 Å². The van der Waals surface area contributed by atoms with Gasteiger partial charge < -0.3 is 19.9 Å². The molecule has 1 aromatic rings. The van der Waals surface area contributed by atoms with Gasteiger partial charge >= 0.3 is 12.0 Å². The smallest absolute Gasteiger partial charge is 0.317 e. The minimum Gasteiger partial charge on any atom is -0.481 e. The molecular formula is C12H19N5O3. The number of aromatic nitrogens is 3. The van der Waals surface area contributed by atoms with Gasteiger partial charge in [0, 0.05) is 26.1 Å². The molecule has 0 spiro atoms. The Hall–Kier alpha value is -2.12. The Bertz CT molecular complexity index is 487. The molecule has 1 aliphatic heterocycles. The number of carbonyl (C=O) groups is 2. The summed E-state index contributed by atoms with van der Waals surface area (Å²) in [4.78, 5) is 24.2. The van der Waals surface area contributed by atoms with Crippen LogP contribution in [0.15, 0.2) is 6.33 Å². The summed E-state index contributed by atoms with van der Waals surface area (Å²) in [5.41, 5.74) is 0. The van der Waals surface area contributed by atoms with E-state index < -0.39 is 5.97 Å². The Balaban J connectivity index is 1.74. The lowest BCUT2D eigenvalue weighted by Crippen LogP contribution is -2.45. The van der Waals surface area contributed by atoms with Crippen LogP contribution in [-0.4, -0.2) is 49.9 Å². The van der Waals surface area contributed by atoms with E-state index in [0.29, 0.717) is 32.6 Å². The molecule has 1 aromatic heterocycles. The minimum atomic E-state index is -0.807. The maximum absolute atomic E-state index is 12.0. The first-order valence-corrected chi connectivity index (χ1v) is 6.67. The first-order chi connectivity index (χ1) is 9.56. The quantitative estimate of drug-likeness (QED) is 0.808. The Kier molecular flexibility index (Phi) is 4.54. The topological polar surface area (TPSA) is 100 Å². The summed E-state index contributed by atoms with van der Waals surface area (Å²) in [5, 5.41) is 19.2. The number of fused-ring (bicyclic) bond motifs is 1. The zero-order chi connectivity index (χ0) is 14.5. The number of hydrogen-bond acceptors (Lipinski definition) is 4. The third-order valence-electron chi connectivity index (χ3n) is 3.38. The van der Waals surface area contributed by atoms with Crippen LogP contribution in [-0.2, 0) is 17.9 Å². The van der Waals surface area contributed by atoms with Gasteiger partial charge in [0.1, 0.15) is 6.33 Å². The molecule has 20 heavy (non-hydrogen) atoms. The molecule has 0 aromatic carbocycles. The number of rotatable bonds is 5. The maximum atomic E-state index is 12.0. The predicted octanol–water partition coefficient (Wildman–Crippen LogP) is 0.304. The van der Waals surface area contributed by atoms with Crippen LogP contribution in [0, 0.1) is 5.92 Å². The van der Waals surface area contributed by atoms with Crippen LogP contribution < -0.4 is 5.32 Å². The van der Waals surface area contributed by atoms with E-state index in [1.54, 1.807) is 11.2 Å². The molecule has 2 N–H and O–H groups in total. The van der Waals surface area contributed by atoms with Gasteiger partial charge in [-0.1, -0.05) is 6.92 Å². The molecule has 2 rings (SSSR count). The van der Waals surface area contributed by atoms with E-state index in [4.69, 9.17) is 5.11 Å². The second-order valence-corrected chi connectivity index (χ2v) is 5.09. The number of hydrogen-bond donors (Lipinski definition) is 2. The molecule has 0 aliphatic carbocycles.